The third kappa shape index (κ3) is 4.85. The lowest BCUT2D eigenvalue weighted by Crippen LogP contribution is -2.30. The van der Waals surface area contributed by atoms with Gasteiger partial charge in [-0.15, -0.1) is 0 Å². The number of benzene rings is 1. The highest BCUT2D eigenvalue weighted by atomic mass is 19.4. The molecular formula is C27H23F3N6O2. The highest BCUT2D eigenvalue weighted by Gasteiger charge is 2.34. The molecule has 1 fully saturated rings. The number of likely N-dealkylation sites (tertiary alicyclic amines) is 1. The largest absolute Gasteiger partial charge is 0.473 e. The minimum Gasteiger partial charge on any atom is -0.473 e. The van der Waals surface area contributed by atoms with Crippen molar-refractivity contribution in [1.29, 1.82) is 0 Å². The van der Waals surface area contributed by atoms with Crippen LogP contribution in [-0.4, -0.2) is 36.7 Å². The summed E-state index contributed by atoms with van der Waals surface area (Å²) in [6, 6.07) is 7.94. The fourth-order valence-corrected chi connectivity index (χ4v) is 4.53. The number of fused-ring (bicyclic) bond motifs is 1. The smallest absolute Gasteiger partial charge is 0.416 e. The molecule has 0 bridgehead atoms. The summed E-state index contributed by atoms with van der Waals surface area (Å²) in [6.45, 7) is 2.28. The third-order valence-corrected chi connectivity index (χ3v) is 6.33. The Morgan fingerprint density at radius 3 is 2.66 bits per heavy atom. The van der Waals surface area contributed by atoms with Crippen LogP contribution in [0.25, 0.3) is 16.8 Å². The van der Waals surface area contributed by atoms with Gasteiger partial charge < -0.3 is 15.4 Å². The maximum atomic E-state index is 12.8. The average Bonchev–Trinajstić information content (AvgIpc) is 3.53. The second kappa shape index (κ2) is 10.0. The Morgan fingerprint density at radius 2 is 1.97 bits per heavy atom. The number of amides is 1. The lowest BCUT2D eigenvalue weighted by Gasteiger charge is -2.21. The summed E-state index contributed by atoms with van der Waals surface area (Å²) in [5, 5.41) is 0. The van der Waals surface area contributed by atoms with Crippen molar-refractivity contribution in [2.75, 3.05) is 12.3 Å². The molecule has 0 aliphatic carbocycles. The van der Waals surface area contributed by atoms with Gasteiger partial charge in [0.25, 0.3) is 5.91 Å². The Bertz CT molecular complexity index is 1540. The number of carbonyl (C=O) groups is 1. The fraction of sp³-hybridized carbons (Fsp3) is 0.259. The second-order valence-electron chi connectivity index (χ2n) is 8.75. The van der Waals surface area contributed by atoms with Crippen molar-refractivity contribution in [2.24, 2.45) is 0 Å². The SMILES string of the molecule is CC#CC(=O)N1CCC[C@H]1c1nc(-c2ccc(OCc3ccc(C(F)(F)F)cc3)nc2)c2c(N)nccn12. The molecule has 1 aliphatic rings. The second-order valence-corrected chi connectivity index (χ2v) is 8.75. The Kier molecular flexibility index (Phi) is 6.63. The number of pyridine rings is 1. The first kappa shape index (κ1) is 25.1. The molecule has 2 N–H and O–H groups in total. The molecule has 3 aromatic heterocycles. The van der Waals surface area contributed by atoms with E-state index in [-0.39, 0.29) is 24.4 Å². The third-order valence-electron chi connectivity index (χ3n) is 6.33. The molecule has 38 heavy (non-hydrogen) atoms. The molecule has 4 heterocycles. The van der Waals surface area contributed by atoms with E-state index in [1.807, 2.05) is 4.40 Å². The number of nitrogen functional groups attached to an aromatic ring is 1. The molecule has 0 unspecified atom stereocenters. The highest BCUT2D eigenvalue weighted by molar-refractivity contribution is 5.94. The fourth-order valence-electron chi connectivity index (χ4n) is 4.53. The van der Waals surface area contributed by atoms with Gasteiger partial charge in [0.05, 0.1) is 11.6 Å². The summed E-state index contributed by atoms with van der Waals surface area (Å²) >= 11 is 0. The van der Waals surface area contributed by atoms with Gasteiger partial charge in [0.15, 0.2) is 0 Å². The van der Waals surface area contributed by atoms with E-state index in [9.17, 15) is 18.0 Å². The number of aromatic nitrogens is 4. The van der Waals surface area contributed by atoms with Gasteiger partial charge in [-0.25, -0.2) is 15.0 Å². The molecule has 1 amide bonds. The van der Waals surface area contributed by atoms with Crippen LogP contribution in [0.1, 0.15) is 42.8 Å². The monoisotopic (exact) mass is 520 g/mol. The van der Waals surface area contributed by atoms with Crippen molar-refractivity contribution >= 4 is 17.2 Å². The summed E-state index contributed by atoms with van der Waals surface area (Å²) in [6.07, 6.45) is 2.12. The molecule has 8 nitrogen and oxygen atoms in total. The van der Waals surface area contributed by atoms with Crippen molar-refractivity contribution in [3.63, 3.8) is 0 Å². The first-order chi connectivity index (χ1) is 18.3. The van der Waals surface area contributed by atoms with Crippen molar-refractivity contribution in [3.05, 3.63) is 71.9 Å². The van der Waals surface area contributed by atoms with E-state index in [0.717, 1.165) is 25.0 Å². The number of rotatable bonds is 5. The number of anilines is 1. The molecule has 1 aromatic carbocycles. The molecule has 0 spiro atoms. The molecule has 11 heteroatoms. The van der Waals surface area contributed by atoms with E-state index in [1.54, 1.807) is 42.5 Å². The van der Waals surface area contributed by atoms with Crippen molar-refractivity contribution in [3.8, 4) is 29.0 Å². The number of halogens is 3. The zero-order chi connectivity index (χ0) is 26.9. The Morgan fingerprint density at radius 1 is 1.18 bits per heavy atom. The summed E-state index contributed by atoms with van der Waals surface area (Å²) in [5.41, 5.74) is 7.93. The Balaban J connectivity index is 1.40. The normalized spacial score (nSPS) is 15.4. The van der Waals surface area contributed by atoms with Crippen molar-refractivity contribution in [1.82, 2.24) is 24.3 Å². The van der Waals surface area contributed by atoms with Crippen LogP contribution in [0.4, 0.5) is 19.0 Å². The standard InChI is InChI=1S/C27H23F3N6O2/c1-2-4-22(37)35-13-3-5-20(35)26-34-23(24-25(31)32-12-14-36(24)26)18-8-11-21(33-15-18)38-16-17-6-9-19(10-7-17)27(28,29)30/h6-12,14-15,20H,3,5,13,16H2,1H3,(H2,31,32)/t20-/m0/s1. The maximum absolute atomic E-state index is 12.8. The van der Waals surface area contributed by atoms with Gasteiger partial charge in [0.1, 0.15) is 29.5 Å². The zero-order valence-electron chi connectivity index (χ0n) is 20.4. The number of hydrogen-bond acceptors (Lipinski definition) is 6. The highest BCUT2D eigenvalue weighted by Crippen LogP contribution is 2.36. The Labute approximate surface area is 216 Å². The molecule has 1 aliphatic heterocycles. The average molecular weight is 521 g/mol. The molecular weight excluding hydrogens is 497 g/mol. The first-order valence-electron chi connectivity index (χ1n) is 11.9. The minimum atomic E-state index is -4.39. The zero-order valence-corrected chi connectivity index (χ0v) is 20.4. The van der Waals surface area contributed by atoms with E-state index in [1.165, 1.54) is 12.1 Å². The first-order valence-corrected chi connectivity index (χ1v) is 11.9. The number of ether oxygens (including phenoxy) is 1. The number of alkyl halides is 3. The number of carbonyl (C=O) groups excluding carboxylic acids is 1. The van der Waals surface area contributed by atoms with Gasteiger partial charge >= 0.3 is 6.18 Å². The quantitative estimate of drug-likeness (QED) is 0.385. The topological polar surface area (TPSA) is 98.6 Å². The summed E-state index contributed by atoms with van der Waals surface area (Å²) < 4.78 is 45.8. The van der Waals surface area contributed by atoms with Gasteiger partial charge in [-0.2, -0.15) is 13.2 Å². The van der Waals surface area contributed by atoms with Crippen LogP contribution in [-0.2, 0) is 17.6 Å². The van der Waals surface area contributed by atoms with Gasteiger partial charge in [-0.1, -0.05) is 18.1 Å². The van der Waals surface area contributed by atoms with E-state index >= 15 is 0 Å². The van der Waals surface area contributed by atoms with Crippen molar-refractivity contribution < 1.29 is 22.7 Å². The van der Waals surface area contributed by atoms with E-state index in [2.05, 4.69) is 21.8 Å². The molecule has 194 valence electrons. The molecule has 5 rings (SSSR count). The van der Waals surface area contributed by atoms with Gasteiger partial charge in [0, 0.05) is 36.8 Å². The summed E-state index contributed by atoms with van der Waals surface area (Å²) in [4.78, 5) is 27.7. The number of hydrogen-bond donors (Lipinski definition) is 1. The molecule has 0 saturated carbocycles. The molecule has 4 aromatic rings. The van der Waals surface area contributed by atoms with Gasteiger partial charge in [0.2, 0.25) is 5.88 Å². The van der Waals surface area contributed by atoms with Crippen LogP contribution in [0.5, 0.6) is 5.88 Å². The lowest BCUT2D eigenvalue weighted by molar-refractivity contribution is -0.137. The summed E-state index contributed by atoms with van der Waals surface area (Å²) in [7, 11) is 0. The predicted molar refractivity (Wildman–Crippen MR) is 134 cm³/mol. The lowest BCUT2D eigenvalue weighted by atomic mass is 10.1. The summed E-state index contributed by atoms with van der Waals surface area (Å²) in [5.74, 6) is 6.28. The molecule has 0 radical (unpaired) electrons. The van der Waals surface area contributed by atoms with Gasteiger partial charge in [-0.3, -0.25) is 9.20 Å². The van der Waals surface area contributed by atoms with Crippen LogP contribution < -0.4 is 10.5 Å². The Hall–Kier alpha value is -4.59. The van der Waals surface area contributed by atoms with Crippen LogP contribution in [0.15, 0.2) is 55.0 Å². The van der Waals surface area contributed by atoms with Crippen LogP contribution in [0, 0.1) is 11.8 Å². The van der Waals surface area contributed by atoms with E-state index in [4.69, 9.17) is 15.5 Å². The van der Waals surface area contributed by atoms with Gasteiger partial charge in [-0.05, 0) is 49.4 Å². The number of nitrogens with two attached hydrogens (primary N) is 1. The maximum Gasteiger partial charge on any atom is 0.416 e. The van der Waals surface area contributed by atoms with Crippen LogP contribution in [0.2, 0.25) is 0 Å². The van der Waals surface area contributed by atoms with E-state index < -0.39 is 11.7 Å². The van der Waals surface area contributed by atoms with E-state index in [0.29, 0.717) is 40.6 Å². The molecule has 1 atom stereocenters. The predicted octanol–water partition coefficient (Wildman–Crippen LogP) is 4.66. The van der Waals surface area contributed by atoms with Crippen LogP contribution in [0.3, 0.4) is 0 Å². The number of imidazole rings is 1. The number of nitrogens with zero attached hydrogens (tertiary/aromatic N) is 5. The minimum absolute atomic E-state index is 0.0606. The van der Waals surface area contributed by atoms with Crippen molar-refractivity contribution in [2.45, 2.75) is 38.6 Å². The van der Waals surface area contributed by atoms with Crippen LogP contribution >= 0.6 is 0 Å². The molecule has 1 saturated heterocycles.